The summed E-state index contributed by atoms with van der Waals surface area (Å²) < 4.78 is 31.6. The number of rotatable bonds is 4. The van der Waals surface area contributed by atoms with Crippen LogP contribution in [0.2, 0.25) is 5.02 Å². The molecule has 8 heteroatoms. The van der Waals surface area contributed by atoms with E-state index in [1.165, 1.54) is 29.6 Å². The molecule has 0 spiro atoms. The third-order valence-corrected chi connectivity index (χ3v) is 6.23. The molecule has 0 aromatic heterocycles. The van der Waals surface area contributed by atoms with E-state index in [4.69, 9.17) is 16.3 Å². The standard InChI is InChI=1S/C15H21ClN2O4S/c1-11(2)17(3)23(20,21)12-4-5-14(16)13(10-12)15(19)18-6-8-22-9-7-18/h4-5,10-11H,6-9H2,1-3H3. The number of nitrogens with zero attached hydrogens (tertiary/aromatic N) is 2. The third kappa shape index (κ3) is 3.85. The zero-order chi connectivity index (χ0) is 17.2. The lowest BCUT2D eigenvalue weighted by molar-refractivity contribution is 0.0303. The van der Waals surface area contributed by atoms with Crippen molar-refractivity contribution in [3.05, 3.63) is 28.8 Å². The van der Waals surface area contributed by atoms with E-state index in [0.29, 0.717) is 26.3 Å². The quantitative estimate of drug-likeness (QED) is 0.821. The van der Waals surface area contributed by atoms with E-state index in [1.54, 1.807) is 18.7 Å². The Hall–Kier alpha value is -1.15. The topological polar surface area (TPSA) is 66.9 Å². The maximum atomic E-state index is 12.6. The molecule has 0 radical (unpaired) electrons. The highest BCUT2D eigenvalue weighted by molar-refractivity contribution is 7.89. The Morgan fingerprint density at radius 2 is 1.91 bits per heavy atom. The summed E-state index contributed by atoms with van der Waals surface area (Å²) in [6.45, 7) is 5.45. The molecule has 1 heterocycles. The normalized spacial score (nSPS) is 16.2. The lowest BCUT2D eigenvalue weighted by atomic mass is 10.2. The van der Waals surface area contributed by atoms with E-state index in [0.717, 1.165) is 0 Å². The number of hydrogen-bond acceptors (Lipinski definition) is 4. The molecule has 6 nitrogen and oxygen atoms in total. The van der Waals surface area contributed by atoms with Gasteiger partial charge in [-0.2, -0.15) is 4.31 Å². The van der Waals surface area contributed by atoms with Crippen LogP contribution in [0.15, 0.2) is 23.1 Å². The van der Waals surface area contributed by atoms with Crippen molar-refractivity contribution in [2.45, 2.75) is 24.8 Å². The molecular weight excluding hydrogens is 340 g/mol. The minimum Gasteiger partial charge on any atom is -0.378 e. The average molecular weight is 361 g/mol. The molecule has 0 saturated carbocycles. The molecule has 128 valence electrons. The molecule has 1 aromatic rings. The maximum absolute atomic E-state index is 12.6. The molecule has 1 aliphatic heterocycles. The smallest absolute Gasteiger partial charge is 0.255 e. The fourth-order valence-electron chi connectivity index (χ4n) is 2.21. The second kappa shape index (κ2) is 7.17. The van der Waals surface area contributed by atoms with E-state index in [-0.39, 0.29) is 27.4 Å². The van der Waals surface area contributed by atoms with Gasteiger partial charge in [-0.25, -0.2) is 8.42 Å². The predicted octanol–water partition coefficient (Wildman–Crippen LogP) is 1.84. The third-order valence-electron chi connectivity index (χ3n) is 3.87. The van der Waals surface area contributed by atoms with Crippen molar-refractivity contribution < 1.29 is 17.9 Å². The van der Waals surface area contributed by atoms with Crippen molar-refractivity contribution in [1.82, 2.24) is 9.21 Å². The fraction of sp³-hybridized carbons (Fsp3) is 0.533. The Balaban J connectivity index is 2.37. The Kier molecular flexibility index (Phi) is 5.67. The first-order valence-electron chi connectivity index (χ1n) is 7.39. The zero-order valence-corrected chi connectivity index (χ0v) is 15.0. The molecule has 0 atom stereocenters. The largest absolute Gasteiger partial charge is 0.378 e. The van der Waals surface area contributed by atoms with Gasteiger partial charge in [0.25, 0.3) is 5.91 Å². The van der Waals surface area contributed by atoms with Gasteiger partial charge in [-0.05, 0) is 32.0 Å². The molecule has 23 heavy (non-hydrogen) atoms. The Morgan fingerprint density at radius 1 is 1.30 bits per heavy atom. The molecule has 2 rings (SSSR count). The first-order valence-corrected chi connectivity index (χ1v) is 9.21. The summed E-state index contributed by atoms with van der Waals surface area (Å²) in [6.07, 6.45) is 0. The van der Waals surface area contributed by atoms with Gasteiger partial charge in [0.1, 0.15) is 0 Å². The Morgan fingerprint density at radius 3 is 2.48 bits per heavy atom. The van der Waals surface area contributed by atoms with Crippen LogP contribution in [0.4, 0.5) is 0 Å². The van der Waals surface area contributed by atoms with Gasteiger partial charge < -0.3 is 9.64 Å². The van der Waals surface area contributed by atoms with Crippen LogP contribution in [0, 0.1) is 0 Å². The molecule has 0 aliphatic carbocycles. The molecule has 1 amide bonds. The number of ether oxygens (including phenoxy) is 1. The van der Waals surface area contributed by atoms with Crippen LogP contribution >= 0.6 is 11.6 Å². The predicted molar refractivity (Wildman–Crippen MR) is 88.3 cm³/mol. The molecular formula is C15H21ClN2O4S. The van der Waals surface area contributed by atoms with E-state index >= 15 is 0 Å². The number of hydrogen-bond donors (Lipinski definition) is 0. The van der Waals surface area contributed by atoms with Gasteiger partial charge in [-0.3, -0.25) is 4.79 Å². The van der Waals surface area contributed by atoms with Crippen LogP contribution < -0.4 is 0 Å². The maximum Gasteiger partial charge on any atom is 0.255 e. The summed E-state index contributed by atoms with van der Waals surface area (Å²) in [5, 5.41) is 0.243. The number of carbonyl (C=O) groups is 1. The molecule has 1 saturated heterocycles. The molecule has 0 N–H and O–H groups in total. The lowest BCUT2D eigenvalue weighted by Crippen LogP contribution is -2.41. The van der Waals surface area contributed by atoms with Crippen LogP contribution in [0.25, 0.3) is 0 Å². The minimum atomic E-state index is -3.66. The Bertz CT molecular complexity index is 685. The first kappa shape index (κ1) is 18.2. The van der Waals surface area contributed by atoms with Gasteiger partial charge in [0.05, 0.1) is 28.7 Å². The SMILES string of the molecule is CC(C)N(C)S(=O)(=O)c1ccc(Cl)c(C(=O)N2CCOCC2)c1. The van der Waals surface area contributed by atoms with Gasteiger partial charge >= 0.3 is 0 Å². The second-order valence-corrected chi connectivity index (χ2v) is 8.07. The van der Waals surface area contributed by atoms with Gasteiger partial charge in [-0.1, -0.05) is 11.6 Å². The van der Waals surface area contributed by atoms with Crippen molar-refractivity contribution in [3.63, 3.8) is 0 Å². The van der Waals surface area contributed by atoms with E-state index in [9.17, 15) is 13.2 Å². The van der Waals surface area contributed by atoms with Crippen LogP contribution in [0.5, 0.6) is 0 Å². The van der Waals surface area contributed by atoms with Crippen molar-refractivity contribution in [2.75, 3.05) is 33.4 Å². The summed E-state index contributed by atoms with van der Waals surface area (Å²) in [7, 11) is -2.15. The fourth-order valence-corrected chi connectivity index (χ4v) is 3.80. The van der Waals surface area contributed by atoms with Gasteiger partial charge in [0, 0.05) is 26.2 Å². The van der Waals surface area contributed by atoms with Gasteiger partial charge in [0.15, 0.2) is 0 Å². The van der Waals surface area contributed by atoms with Crippen LogP contribution in [-0.2, 0) is 14.8 Å². The molecule has 1 aliphatic rings. The summed E-state index contributed by atoms with van der Waals surface area (Å²) >= 11 is 6.12. The number of morpholine rings is 1. The van der Waals surface area contributed by atoms with E-state index < -0.39 is 10.0 Å². The zero-order valence-electron chi connectivity index (χ0n) is 13.5. The summed E-state index contributed by atoms with van der Waals surface area (Å²) in [6, 6.07) is 4.05. The highest BCUT2D eigenvalue weighted by Gasteiger charge is 2.27. The second-order valence-electron chi connectivity index (χ2n) is 5.66. The number of amides is 1. The summed E-state index contributed by atoms with van der Waals surface area (Å²) in [5.41, 5.74) is 0.201. The Labute approximate surface area is 142 Å². The molecule has 0 unspecified atom stereocenters. The summed E-state index contributed by atoms with van der Waals surface area (Å²) in [4.78, 5) is 14.3. The van der Waals surface area contributed by atoms with Crippen molar-refractivity contribution in [2.24, 2.45) is 0 Å². The highest BCUT2D eigenvalue weighted by atomic mass is 35.5. The first-order chi connectivity index (χ1) is 10.7. The average Bonchev–Trinajstić information content (AvgIpc) is 2.54. The van der Waals surface area contributed by atoms with Crippen LogP contribution in [0.1, 0.15) is 24.2 Å². The molecule has 1 fully saturated rings. The van der Waals surface area contributed by atoms with Crippen molar-refractivity contribution in [1.29, 1.82) is 0 Å². The van der Waals surface area contributed by atoms with Crippen molar-refractivity contribution in [3.8, 4) is 0 Å². The van der Waals surface area contributed by atoms with Crippen molar-refractivity contribution >= 4 is 27.5 Å². The van der Waals surface area contributed by atoms with Crippen LogP contribution in [0.3, 0.4) is 0 Å². The number of benzene rings is 1. The van der Waals surface area contributed by atoms with E-state index in [1.807, 2.05) is 0 Å². The lowest BCUT2D eigenvalue weighted by Gasteiger charge is -2.27. The highest BCUT2D eigenvalue weighted by Crippen LogP contribution is 2.24. The minimum absolute atomic E-state index is 0.0645. The number of sulfonamides is 1. The van der Waals surface area contributed by atoms with Gasteiger partial charge in [0.2, 0.25) is 10.0 Å². The number of halogens is 1. The number of carbonyl (C=O) groups excluding carboxylic acids is 1. The monoisotopic (exact) mass is 360 g/mol. The molecule has 1 aromatic carbocycles. The molecule has 0 bridgehead atoms. The summed E-state index contributed by atoms with van der Waals surface area (Å²) in [5.74, 6) is -0.275. The van der Waals surface area contributed by atoms with E-state index in [2.05, 4.69) is 0 Å². The van der Waals surface area contributed by atoms with Gasteiger partial charge in [-0.15, -0.1) is 0 Å². The van der Waals surface area contributed by atoms with Crippen LogP contribution in [-0.4, -0.2) is 62.9 Å².